The summed E-state index contributed by atoms with van der Waals surface area (Å²) in [5, 5.41) is 0. The molecule has 0 saturated carbocycles. The fourth-order valence-electron chi connectivity index (χ4n) is 5.11. The van der Waals surface area contributed by atoms with Gasteiger partial charge in [0.25, 0.3) is 0 Å². The number of fused-ring (bicyclic) bond motifs is 1. The number of allylic oxidation sites excluding steroid dienone is 3. The second kappa shape index (κ2) is 5.62. The molecule has 1 heterocycles. The highest BCUT2D eigenvalue weighted by Gasteiger charge is 2.65. The van der Waals surface area contributed by atoms with Gasteiger partial charge in [0, 0.05) is 16.7 Å². The summed E-state index contributed by atoms with van der Waals surface area (Å²) in [6.07, 6.45) is 2.70. The van der Waals surface area contributed by atoms with Gasteiger partial charge in [-0.15, -0.1) is 0 Å². The monoisotopic (exact) mass is 360 g/mol. The van der Waals surface area contributed by atoms with E-state index >= 15 is 0 Å². The maximum absolute atomic E-state index is 13.4. The van der Waals surface area contributed by atoms with Crippen molar-refractivity contribution in [3.05, 3.63) is 22.8 Å². The molecule has 4 heteroatoms. The van der Waals surface area contributed by atoms with Crippen molar-refractivity contribution in [1.82, 2.24) is 0 Å². The Morgan fingerprint density at radius 3 is 2.15 bits per heavy atom. The van der Waals surface area contributed by atoms with Gasteiger partial charge in [-0.2, -0.15) is 0 Å². The fourth-order valence-corrected chi connectivity index (χ4v) is 5.11. The van der Waals surface area contributed by atoms with Gasteiger partial charge in [0.1, 0.15) is 5.78 Å². The predicted molar refractivity (Wildman–Crippen MR) is 101 cm³/mol. The summed E-state index contributed by atoms with van der Waals surface area (Å²) in [5.41, 5.74) is 1.08. The fraction of sp³-hybridized carbons (Fsp3) is 0.727. The molecule has 3 aliphatic rings. The Morgan fingerprint density at radius 1 is 1.12 bits per heavy atom. The van der Waals surface area contributed by atoms with Crippen molar-refractivity contribution in [2.45, 2.75) is 67.6 Å². The third-order valence-corrected chi connectivity index (χ3v) is 6.68. The number of hydrogen-bond acceptors (Lipinski definition) is 4. The van der Waals surface area contributed by atoms with Crippen LogP contribution >= 0.6 is 0 Å². The minimum atomic E-state index is -1.01. The first kappa shape index (κ1) is 19.5. The molecule has 0 aromatic heterocycles. The summed E-state index contributed by atoms with van der Waals surface area (Å²) in [5.74, 6) is -0.711. The van der Waals surface area contributed by atoms with Gasteiger partial charge in [-0.1, -0.05) is 25.5 Å². The van der Waals surface area contributed by atoms with Crippen LogP contribution in [0.5, 0.6) is 0 Å². The third kappa shape index (κ3) is 2.27. The number of hydrogen-bond donors (Lipinski definition) is 0. The van der Waals surface area contributed by atoms with Gasteiger partial charge in [-0.25, -0.2) is 0 Å². The zero-order valence-corrected chi connectivity index (χ0v) is 17.4. The van der Waals surface area contributed by atoms with E-state index in [2.05, 4.69) is 6.08 Å². The molecule has 0 amide bonds. The molecule has 1 aliphatic heterocycles. The van der Waals surface area contributed by atoms with E-state index in [9.17, 15) is 9.59 Å². The molecule has 0 aromatic rings. The van der Waals surface area contributed by atoms with Crippen molar-refractivity contribution in [1.29, 1.82) is 0 Å². The van der Waals surface area contributed by atoms with Crippen LogP contribution in [0, 0.1) is 22.2 Å². The van der Waals surface area contributed by atoms with Crippen LogP contribution in [-0.4, -0.2) is 30.6 Å². The molecule has 3 rings (SSSR count). The third-order valence-electron chi connectivity index (χ3n) is 6.68. The van der Waals surface area contributed by atoms with Crippen molar-refractivity contribution in [3.63, 3.8) is 0 Å². The first-order chi connectivity index (χ1) is 11.8. The molecule has 0 atom stereocenters. The maximum atomic E-state index is 13.4. The van der Waals surface area contributed by atoms with E-state index in [1.807, 2.05) is 55.4 Å². The van der Waals surface area contributed by atoms with E-state index in [4.69, 9.17) is 9.47 Å². The average Bonchev–Trinajstić information content (AvgIpc) is 3.19. The van der Waals surface area contributed by atoms with Gasteiger partial charge >= 0.3 is 0 Å². The zero-order valence-electron chi connectivity index (χ0n) is 17.4. The first-order valence-corrected chi connectivity index (χ1v) is 9.62. The second-order valence-corrected chi connectivity index (χ2v) is 9.78. The van der Waals surface area contributed by atoms with Crippen LogP contribution in [0.25, 0.3) is 0 Å². The lowest BCUT2D eigenvalue weighted by Crippen LogP contribution is -2.59. The standard InChI is InChI=1S/C22H32O4/c1-13(2)17(23)19(3,4)14-11-15-16(12-14)22(25-9-10-26-22)21(7,8)18(24)20(15,5)6/h11,13H,9-10,12H2,1-8H3. The van der Waals surface area contributed by atoms with Gasteiger partial charge in [0.05, 0.1) is 18.6 Å². The second-order valence-electron chi connectivity index (χ2n) is 9.78. The lowest BCUT2D eigenvalue weighted by atomic mass is 9.58. The van der Waals surface area contributed by atoms with Crippen molar-refractivity contribution in [2.75, 3.05) is 13.2 Å². The van der Waals surface area contributed by atoms with E-state index in [-0.39, 0.29) is 17.5 Å². The van der Waals surface area contributed by atoms with Gasteiger partial charge in [0.2, 0.25) is 5.79 Å². The number of carbonyl (C=O) groups excluding carboxylic acids is 2. The summed E-state index contributed by atoms with van der Waals surface area (Å²) in [7, 11) is 0. The number of ether oxygens (including phenoxy) is 2. The number of Topliss-reactive ketones (excluding diaryl/α,β-unsaturated/α-hetero) is 2. The Kier molecular flexibility index (Phi) is 4.21. The minimum Gasteiger partial charge on any atom is -0.343 e. The van der Waals surface area contributed by atoms with Crippen LogP contribution in [0.4, 0.5) is 0 Å². The Balaban J connectivity index is 2.13. The molecule has 4 nitrogen and oxygen atoms in total. The van der Waals surface area contributed by atoms with Crippen LogP contribution in [0.1, 0.15) is 61.8 Å². The first-order valence-electron chi connectivity index (χ1n) is 9.62. The van der Waals surface area contributed by atoms with Gasteiger partial charge in [-0.05, 0) is 59.1 Å². The lowest BCUT2D eigenvalue weighted by molar-refractivity contribution is -0.210. The average molecular weight is 360 g/mol. The van der Waals surface area contributed by atoms with Gasteiger partial charge in [0.15, 0.2) is 5.78 Å². The highest BCUT2D eigenvalue weighted by atomic mass is 16.7. The molecule has 1 saturated heterocycles. The molecule has 0 bridgehead atoms. The Labute approximate surface area is 157 Å². The topological polar surface area (TPSA) is 52.6 Å². The minimum absolute atomic E-state index is 0.0393. The number of carbonyl (C=O) groups is 2. The Hall–Kier alpha value is -1.26. The molecule has 0 radical (unpaired) electrons. The predicted octanol–water partition coefficient (Wildman–Crippen LogP) is 4.24. The smallest absolute Gasteiger partial charge is 0.204 e. The zero-order chi connectivity index (χ0) is 19.7. The Bertz CT molecular complexity index is 725. The van der Waals surface area contributed by atoms with E-state index < -0.39 is 22.0 Å². The molecule has 0 unspecified atom stereocenters. The molecular weight excluding hydrogens is 328 g/mol. The van der Waals surface area contributed by atoms with Crippen molar-refractivity contribution in [3.8, 4) is 0 Å². The normalized spacial score (nSPS) is 26.5. The molecule has 1 fully saturated rings. The Morgan fingerprint density at radius 2 is 1.65 bits per heavy atom. The highest BCUT2D eigenvalue weighted by molar-refractivity contribution is 5.97. The van der Waals surface area contributed by atoms with Crippen molar-refractivity contribution in [2.24, 2.45) is 22.2 Å². The molecule has 1 spiro atoms. The summed E-state index contributed by atoms with van der Waals surface area (Å²) < 4.78 is 12.2. The van der Waals surface area contributed by atoms with Crippen LogP contribution in [0.15, 0.2) is 22.8 Å². The van der Waals surface area contributed by atoms with Crippen LogP contribution in [0.3, 0.4) is 0 Å². The van der Waals surface area contributed by atoms with E-state index in [0.717, 1.165) is 16.7 Å². The lowest BCUT2D eigenvalue weighted by Gasteiger charge is -2.50. The molecule has 0 N–H and O–H groups in total. The quantitative estimate of drug-likeness (QED) is 0.755. The van der Waals surface area contributed by atoms with Gasteiger partial charge < -0.3 is 9.47 Å². The highest BCUT2D eigenvalue weighted by Crippen LogP contribution is 2.60. The van der Waals surface area contributed by atoms with Crippen LogP contribution in [0.2, 0.25) is 0 Å². The molecule has 0 aromatic carbocycles. The molecule has 26 heavy (non-hydrogen) atoms. The molecule has 144 valence electrons. The van der Waals surface area contributed by atoms with E-state index in [1.54, 1.807) is 0 Å². The summed E-state index contributed by atoms with van der Waals surface area (Å²) in [6, 6.07) is 0. The molecule has 2 aliphatic carbocycles. The van der Waals surface area contributed by atoms with Crippen LogP contribution in [-0.2, 0) is 19.1 Å². The summed E-state index contributed by atoms with van der Waals surface area (Å²) in [4.78, 5) is 26.2. The number of rotatable bonds is 3. The molecular formula is C22H32O4. The van der Waals surface area contributed by atoms with Crippen molar-refractivity contribution >= 4 is 11.6 Å². The number of ketones is 2. The van der Waals surface area contributed by atoms with E-state index in [1.165, 1.54) is 0 Å². The van der Waals surface area contributed by atoms with E-state index in [0.29, 0.717) is 19.6 Å². The van der Waals surface area contributed by atoms with Gasteiger partial charge in [-0.3, -0.25) is 9.59 Å². The largest absolute Gasteiger partial charge is 0.343 e. The van der Waals surface area contributed by atoms with Crippen LogP contribution < -0.4 is 0 Å². The van der Waals surface area contributed by atoms with Crippen molar-refractivity contribution < 1.29 is 19.1 Å². The summed E-state index contributed by atoms with van der Waals surface area (Å²) in [6.45, 7) is 16.6. The maximum Gasteiger partial charge on any atom is 0.204 e. The SMILES string of the molecule is CC(C)C(=O)C(C)(C)C1=CC2=C(C1)C1(OCCO1)C(C)(C)C(=O)C2(C)C. The summed E-state index contributed by atoms with van der Waals surface area (Å²) >= 11 is 0.